The Morgan fingerprint density at radius 1 is 1.29 bits per heavy atom. The van der Waals surface area contributed by atoms with Gasteiger partial charge in [-0.3, -0.25) is 4.79 Å². The van der Waals surface area contributed by atoms with Crippen molar-refractivity contribution in [3.05, 3.63) is 52.9 Å². The molecule has 4 rings (SSSR count). The zero-order valence-corrected chi connectivity index (χ0v) is 19.3. The highest BCUT2D eigenvalue weighted by Crippen LogP contribution is 2.44. The minimum absolute atomic E-state index is 0.0168. The van der Waals surface area contributed by atoms with Gasteiger partial charge in [-0.2, -0.15) is 13.2 Å². The number of carbonyl (C=O) groups excluding carboxylic acids is 1. The van der Waals surface area contributed by atoms with Gasteiger partial charge in [0.15, 0.2) is 5.84 Å². The SMILES string of the molecule is Cc1cccc([C@]2(C(F)(F)F)NC([C@@H]3C[C@@H](O)CN3C(=O)C(c3cc(C)no3)C(C)C)=NO2)c1. The number of hydrogen-bond acceptors (Lipinski definition) is 7. The van der Waals surface area contributed by atoms with Gasteiger partial charge in [0.1, 0.15) is 11.7 Å². The molecule has 184 valence electrons. The fourth-order valence-electron chi connectivity index (χ4n) is 4.52. The van der Waals surface area contributed by atoms with E-state index in [0.29, 0.717) is 17.0 Å². The average molecular weight is 480 g/mol. The minimum atomic E-state index is -4.85. The summed E-state index contributed by atoms with van der Waals surface area (Å²) >= 11 is 0. The molecule has 3 heterocycles. The van der Waals surface area contributed by atoms with E-state index in [1.165, 1.54) is 23.1 Å². The second kappa shape index (κ2) is 8.61. The number of amides is 1. The van der Waals surface area contributed by atoms with Crippen molar-refractivity contribution in [2.75, 3.05) is 6.54 Å². The van der Waals surface area contributed by atoms with Gasteiger partial charge in [0.25, 0.3) is 0 Å². The van der Waals surface area contributed by atoms with Crippen LogP contribution in [0.5, 0.6) is 0 Å². The standard InChI is InChI=1S/C23H27F3N4O4/c1-12(2)19(18-9-14(4)28-33-18)21(32)30-11-16(31)10-17(30)20-27-22(34-29-20,23(24,25)26)15-7-5-6-13(3)8-15/h5-9,12,16-17,19,31H,10-11H2,1-4H3,(H,27,29)/t16-,17+,19?,22+/m1/s1. The van der Waals surface area contributed by atoms with Crippen LogP contribution in [0.4, 0.5) is 13.2 Å². The van der Waals surface area contributed by atoms with Crippen LogP contribution in [0.1, 0.15) is 48.8 Å². The van der Waals surface area contributed by atoms with E-state index in [1.54, 1.807) is 26.0 Å². The van der Waals surface area contributed by atoms with Crippen LogP contribution in [0.3, 0.4) is 0 Å². The van der Waals surface area contributed by atoms with Crippen LogP contribution in [0.15, 0.2) is 40.0 Å². The molecule has 2 aliphatic heterocycles. The lowest BCUT2D eigenvalue weighted by Crippen LogP contribution is -2.57. The number of rotatable bonds is 5. The summed E-state index contributed by atoms with van der Waals surface area (Å²) in [6.45, 7) is 7.03. The van der Waals surface area contributed by atoms with Gasteiger partial charge in [-0.05, 0) is 25.8 Å². The molecule has 1 amide bonds. The van der Waals surface area contributed by atoms with Crippen LogP contribution in [-0.2, 0) is 15.4 Å². The van der Waals surface area contributed by atoms with Gasteiger partial charge in [-0.25, -0.2) is 0 Å². The number of hydrogen-bond donors (Lipinski definition) is 2. The molecule has 11 heteroatoms. The first-order valence-electron chi connectivity index (χ1n) is 11.0. The summed E-state index contributed by atoms with van der Waals surface area (Å²) in [5.74, 6) is -1.10. The smallest absolute Gasteiger partial charge is 0.391 e. The van der Waals surface area contributed by atoms with Crippen molar-refractivity contribution in [1.82, 2.24) is 15.4 Å². The molecule has 2 aliphatic rings. The fourth-order valence-corrected chi connectivity index (χ4v) is 4.52. The highest BCUT2D eigenvalue weighted by molar-refractivity contribution is 5.94. The number of benzene rings is 1. The number of oxime groups is 1. The molecule has 34 heavy (non-hydrogen) atoms. The molecule has 0 spiro atoms. The summed E-state index contributed by atoms with van der Waals surface area (Å²) in [6.07, 6.45) is -5.76. The molecule has 2 N–H and O–H groups in total. The zero-order valence-electron chi connectivity index (χ0n) is 19.3. The lowest BCUT2D eigenvalue weighted by molar-refractivity contribution is -0.284. The molecule has 1 aromatic heterocycles. The fraction of sp³-hybridized carbons (Fsp3) is 0.522. The van der Waals surface area contributed by atoms with E-state index in [2.05, 4.69) is 15.6 Å². The van der Waals surface area contributed by atoms with Crippen molar-refractivity contribution >= 4 is 11.7 Å². The molecule has 1 fully saturated rings. The molecule has 2 aromatic rings. The van der Waals surface area contributed by atoms with Crippen molar-refractivity contribution in [3.8, 4) is 0 Å². The zero-order chi connectivity index (χ0) is 24.8. The lowest BCUT2D eigenvalue weighted by Gasteiger charge is -2.32. The topological polar surface area (TPSA) is 100 Å². The molecule has 0 aliphatic carbocycles. The third-order valence-corrected chi connectivity index (χ3v) is 6.17. The Bertz CT molecular complexity index is 1100. The Morgan fingerprint density at radius 3 is 2.62 bits per heavy atom. The number of alkyl halides is 3. The van der Waals surface area contributed by atoms with E-state index in [4.69, 9.17) is 9.36 Å². The van der Waals surface area contributed by atoms with Gasteiger partial charge in [0.05, 0.1) is 17.8 Å². The predicted molar refractivity (Wildman–Crippen MR) is 116 cm³/mol. The summed E-state index contributed by atoms with van der Waals surface area (Å²) in [4.78, 5) is 19.9. The molecule has 8 nitrogen and oxygen atoms in total. The summed E-state index contributed by atoms with van der Waals surface area (Å²) in [7, 11) is 0. The Hall–Kier alpha value is -3.08. The molecule has 0 radical (unpaired) electrons. The number of β-amino-alcohol motifs (C(OH)–C–C–N with tert-alkyl or cyclic N) is 1. The van der Waals surface area contributed by atoms with Crippen molar-refractivity contribution in [1.29, 1.82) is 0 Å². The van der Waals surface area contributed by atoms with Crippen molar-refractivity contribution < 1.29 is 32.4 Å². The maximum absolute atomic E-state index is 14.3. The van der Waals surface area contributed by atoms with Crippen LogP contribution in [-0.4, -0.2) is 51.8 Å². The first kappa shape index (κ1) is 24.1. The maximum Gasteiger partial charge on any atom is 0.456 e. The number of aliphatic hydroxyl groups is 1. The van der Waals surface area contributed by atoms with Crippen LogP contribution in [0.25, 0.3) is 0 Å². The predicted octanol–water partition coefficient (Wildman–Crippen LogP) is 3.34. The van der Waals surface area contributed by atoms with Crippen LogP contribution in [0.2, 0.25) is 0 Å². The quantitative estimate of drug-likeness (QED) is 0.681. The molecule has 4 atom stereocenters. The normalized spacial score (nSPS) is 25.8. The van der Waals surface area contributed by atoms with Gasteiger partial charge in [0.2, 0.25) is 5.91 Å². The molecular formula is C23H27F3N4O4. The lowest BCUT2D eigenvalue weighted by atomic mass is 9.91. The number of aliphatic hydroxyl groups excluding tert-OH is 1. The number of nitrogens with one attached hydrogen (secondary N) is 1. The van der Waals surface area contributed by atoms with Crippen LogP contribution >= 0.6 is 0 Å². The van der Waals surface area contributed by atoms with Gasteiger partial charge in [-0.15, -0.1) is 0 Å². The maximum atomic E-state index is 14.3. The van der Waals surface area contributed by atoms with Gasteiger partial charge >= 0.3 is 11.9 Å². The number of likely N-dealkylation sites (tertiary alicyclic amines) is 1. The Balaban J connectivity index is 1.65. The second-order valence-corrected chi connectivity index (χ2v) is 9.23. The first-order valence-corrected chi connectivity index (χ1v) is 11.0. The third-order valence-electron chi connectivity index (χ3n) is 6.17. The van der Waals surface area contributed by atoms with E-state index < -0.39 is 35.9 Å². The Labute approximate surface area is 194 Å². The highest BCUT2D eigenvalue weighted by Gasteiger charge is 2.64. The largest absolute Gasteiger partial charge is 0.456 e. The van der Waals surface area contributed by atoms with Crippen molar-refractivity contribution in [2.45, 2.75) is 64.1 Å². The number of halogens is 3. The molecular weight excluding hydrogens is 453 g/mol. The number of nitrogens with zero attached hydrogens (tertiary/aromatic N) is 3. The molecule has 0 saturated carbocycles. The Kier molecular flexibility index (Phi) is 6.09. The van der Waals surface area contributed by atoms with E-state index >= 15 is 0 Å². The van der Waals surface area contributed by atoms with Gasteiger partial charge in [0, 0.05) is 24.6 Å². The summed E-state index contributed by atoms with van der Waals surface area (Å²) in [5.41, 5.74) is -1.83. The minimum Gasteiger partial charge on any atom is -0.391 e. The molecule has 0 bridgehead atoms. The second-order valence-electron chi connectivity index (χ2n) is 9.23. The van der Waals surface area contributed by atoms with E-state index in [9.17, 15) is 23.1 Å². The molecule has 1 saturated heterocycles. The van der Waals surface area contributed by atoms with Crippen LogP contribution in [0, 0.1) is 19.8 Å². The average Bonchev–Trinajstić information content (AvgIpc) is 3.46. The first-order chi connectivity index (χ1) is 15.9. The van der Waals surface area contributed by atoms with Gasteiger partial charge in [-0.1, -0.05) is 47.9 Å². The number of carbonyl (C=O) groups is 1. The van der Waals surface area contributed by atoms with E-state index in [1.807, 2.05) is 13.8 Å². The molecule has 1 unspecified atom stereocenters. The van der Waals surface area contributed by atoms with Crippen molar-refractivity contribution in [3.63, 3.8) is 0 Å². The highest BCUT2D eigenvalue weighted by atomic mass is 19.4. The number of amidine groups is 1. The summed E-state index contributed by atoms with van der Waals surface area (Å²) in [5, 5.41) is 20.3. The summed E-state index contributed by atoms with van der Waals surface area (Å²) in [6, 6.07) is 6.58. The monoisotopic (exact) mass is 480 g/mol. The summed E-state index contributed by atoms with van der Waals surface area (Å²) < 4.78 is 48.1. The van der Waals surface area contributed by atoms with E-state index in [-0.39, 0.29) is 30.3 Å². The molecule has 1 aromatic carbocycles. The van der Waals surface area contributed by atoms with Crippen molar-refractivity contribution in [2.24, 2.45) is 11.1 Å². The van der Waals surface area contributed by atoms with E-state index in [0.717, 1.165) is 0 Å². The third kappa shape index (κ3) is 4.13. The Morgan fingerprint density at radius 2 is 2.03 bits per heavy atom. The van der Waals surface area contributed by atoms with Crippen LogP contribution < -0.4 is 5.32 Å². The number of aryl methyl sites for hydroxylation is 2. The number of aromatic nitrogens is 1. The van der Waals surface area contributed by atoms with Gasteiger partial charge < -0.3 is 24.7 Å².